The minimum Gasteiger partial charge on any atom is -0.494 e. The molecule has 1 aromatic heterocycles. The number of hydrazine groups is 1. The van der Waals surface area contributed by atoms with Crippen molar-refractivity contribution in [3.8, 4) is 5.75 Å². The molecular formula is C20H21N3O3. The fourth-order valence-electron chi connectivity index (χ4n) is 2.59. The predicted molar refractivity (Wildman–Crippen MR) is 99.8 cm³/mol. The molecule has 0 saturated heterocycles. The fraction of sp³-hybridized carbons (Fsp3) is 0.200. The summed E-state index contributed by atoms with van der Waals surface area (Å²) >= 11 is 0. The van der Waals surface area contributed by atoms with Crippen LogP contribution in [0.15, 0.2) is 60.8 Å². The lowest BCUT2D eigenvalue weighted by Gasteiger charge is -2.09. The summed E-state index contributed by atoms with van der Waals surface area (Å²) in [5.74, 6) is 0.0345. The van der Waals surface area contributed by atoms with Crippen molar-refractivity contribution in [3.63, 3.8) is 0 Å². The maximum Gasteiger partial charge on any atom is 0.269 e. The highest BCUT2D eigenvalue weighted by Gasteiger charge is 2.09. The number of ether oxygens (including phenoxy) is 1. The molecule has 0 unspecified atom stereocenters. The highest BCUT2D eigenvalue weighted by molar-refractivity contribution is 5.95. The first kappa shape index (κ1) is 17.5. The molecule has 2 amide bonds. The van der Waals surface area contributed by atoms with Crippen molar-refractivity contribution in [2.24, 2.45) is 0 Å². The van der Waals surface area contributed by atoms with Gasteiger partial charge in [-0.3, -0.25) is 20.4 Å². The van der Waals surface area contributed by atoms with Gasteiger partial charge in [0.25, 0.3) is 11.8 Å². The summed E-state index contributed by atoms with van der Waals surface area (Å²) < 4.78 is 7.31. The Hall–Kier alpha value is -3.28. The number of aromatic nitrogens is 1. The average Bonchev–Trinajstić information content (AvgIpc) is 3.08. The van der Waals surface area contributed by atoms with Crippen LogP contribution >= 0.6 is 0 Å². The first-order valence-corrected chi connectivity index (χ1v) is 8.53. The summed E-state index contributed by atoms with van der Waals surface area (Å²) in [4.78, 5) is 24.2. The summed E-state index contributed by atoms with van der Waals surface area (Å²) in [6.07, 6.45) is 2.77. The summed E-state index contributed by atoms with van der Waals surface area (Å²) in [7, 11) is 0. The molecule has 3 rings (SSSR count). The van der Waals surface area contributed by atoms with Gasteiger partial charge in [-0.2, -0.15) is 0 Å². The normalized spacial score (nSPS) is 10.5. The predicted octanol–water partition coefficient (Wildman–Crippen LogP) is 2.89. The molecule has 0 atom stereocenters. The van der Waals surface area contributed by atoms with E-state index in [-0.39, 0.29) is 18.4 Å². The second-order valence-corrected chi connectivity index (χ2v) is 5.88. The molecule has 0 aliphatic carbocycles. The quantitative estimate of drug-likeness (QED) is 0.671. The molecule has 6 heteroatoms. The number of fused-ring (bicyclic) bond motifs is 1. The molecule has 0 saturated carbocycles. The van der Waals surface area contributed by atoms with Gasteiger partial charge in [0.1, 0.15) is 12.3 Å². The van der Waals surface area contributed by atoms with Crippen LogP contribution in [0.2, 0.25) is 0 Å². The first-order chi connectivity index (χ1) is 12.7. The summed E-state index contributed by atoms with van der Waals surface area (Å²) in [5.41, 5.74) is 6.29. The van der Waals surface area contributed by atoms with Crippen LogP contribution in [-0.4, -0.2) is 23.0 Å². The molecule has 0 radical (unpaired) electrons. The molecule has 6 nitrogen and oxygen atoms in total. The number of rotatable bonds is 6. The second kappa shape index (κ2) is 8.20. The highest BCUT2D eigenvalue weighted by Crippen LogP contribution is 2.15. The van der Waals surface area contributed by atoms with E-state index in [4.69, 9.17) is 4.74 Å². The number of hydrogen-bond acceptors (Lipinski definition) is 3. The first-order valence-electron chi connectivity index (χ1n) is 8.53. The van der Waals surface area contributed by atoms with Gasteiger partial charge in [-0.1, -0.05) is 25.1 Å². The summed E-state index contributed by atoms with van der Waals surface area (Å²) in [6, 6.07) is 16.5. The Bertz CT molecular complexity index is 900. The lowest BCUT2D eigenvalue weighted by atomic mass is 10.2. The fourth-order valence-corrected chi connectivity index (χ4v) is 2.59. The Kier molecular flexibility index (Phi) is 5.53. The third kappa shape index (κ3) is 4.22. The average molecular weight is 351 g/mol. The van der Waals surface area contributed by atoms with Gasteiger partial charge in [-0.15, -0.1) is 0 Å². The zero-order valence-electron chi connectivity index (χ0n) is 14.6. The van der Waals surface area contributed by atoms with E-state index in [1.54, 1.807) is 24.3 Å². The zero-order valence-corrected chi connectivity index (χ0v) is 14.6. The van der Waals surface area contributed by atoms with Gasteiger partial charge in [0.05, 0.1) is 6.61 Å². The van der Waals surface area contributed by atoms with Gasteiger partial charge < -0.3 is 9.30 Å². The van der Waals surface area contributed by atoms with E-state index in [0.29, 0.717) is 17.9 Å². The number of benzene rings is 2. The minimum absolute atomic E-state index is 0.123. The van der Waals surface area contributed by atoms with Crippen molar-refractivity contribution in [1.29, 1.82) is 0 Å². The zero-order chi connectivity index (χ0) is 18.4. The molecule has 0 fully saturated rings. The third-order valence-corrected chi connectivity index (χ3v) is 3.90. The number of carbonyl (C=O) groups excluding carboxylic acids is 2. The van der Waals surface area contributed by atoms with Gasteiger partial charge >= 0.3 is 0 Å². The van der Waals surface area contributed by atoms with Crippen molar-refractivity contribution in [3.05, 3.63) is 66.4 Å². The Labute approximate surface area is 151 Å². The molecule has 3 aromatic rings. The number of hydrogen-bond donors (Lipinski definition) is 2. The molecule has 0 spiro atoms. The second-order valence-electron chi connectivity index (χ2n) is 5.88. The van der Waals surface area contributed by atoms with Gasteiger partial charge in [0.15, 0.2) is 0 Å². The van der Waals surface area contributed by atoms with Crippen molar-refractivity contribution < 1.29 is 14.3 Å². The van der Waals surface area contributed by atoms with Crippen molar-refractivity contribution in [2.75, 3.05) is 6.61 Å². The molecule has 26 heavy (non-hydrogen) atoms. The van der Waals surface area contributed by atoms with E-state index >= 15 is 0 Å². The van der Waals surface area contributed by atoms with Crippen LogP contribution in [0.3, 0.4) is 0 Å². The van der Waals surface area contributed by atoms with Gasteiger partial charge in [0, 0.05) is 17.3 Å². The summed E-state index contributed by atoms with van der Waals surface area (Å²) in [5, 5.41) is 1.06. The maximum absolute atomic E-state index is 12.1. The number of carbonyl (C=O) groups is 2. The molecule has 2 aromatic carbocycles. The molecule has 1 heterocycles. The lowest BCUT2D eigenvalue weighted by Crippen LogP contribution is -2.43. The monoisotopic (exact) mass is 351 g/mol. The van der Waals surface area contributed by atoms with Crippen LogP contribution in [-0.2, 0) is 11.3 Å². The van der Waals surface area contributed by atoms with E-state index in [1.165, 1.54) is 0 Å². The minimum atomic E-state index is -0.377. The largest absolute Gasteiger partial charge is 0.494 e. The van der Waals surface area contributed by atoms with Gasteiger partial charge in [0.2, 0.25) is 0 Å². The smallest absolute Gasteiger partial charge is 0.269 e. The van der Waals surface area contributed by atoms with Crippen molar-refractivity contribution >= 4 is 22.7 Å². The molecule has 0 bridgehead atoms. The Morgan fingerprint density at radius 2 is 1.77 bits per heavy atom. The van der Waals surface area contributed by atoms with E-state index in [2.05, 4.69) is 10.9 Å². The standard InChI is InChI=1S/C20H21N3O3/c1-2-13-26-17-9-7-16(8-10-17)20(25)22-21-19(24)14-23-12-11-15-5-3-4-6-18(15)23/h3-12H,2,13-14H2,1H3,(H,21,24)(H,22,25). The highest BCUT2D eigenvalue weighted by atomic mass is 16.5. The van der Waals surface area contributed by atoms with Crippen LogP contribution in [0.25, 0.3) is 10.9 Å². The lowest BCUT2D eigenvalue weighted by molar-refractivity contribution is -0.122. The van der Waals surface area contributed by atoms with E-state index in [1.807, 2.05) is 48.0 Å². The topological polar surface area (TPSA) is 72.4 Å². The Morgan fingerprint density at radius 1 is 1.00 bits per heavy atom. The van der Waals surface area contributed by atoms with Gasteiger partial charge in [-0.05, 0) is 48.2 Å². The molecule has 0 aliphatic heterocycles. The van der Waals surface area contributed by atoms with Crippen LogP contribution in [0.1, 0.15) is 23.7 Å². The van der Waals surface area contributed by atoms with Gasteiger partial charge in [-0.25, -0.2) is 0 Å². The molecule has 134 valence electrons. The number of amides is 2. The molecular weight excluding hydrogens is 330 g/mol. The number of nitrogens with one attached hydrogen (secondary N) is 2. The van der Waals surface area contributed by atoms with Crippen LogP contribution in [0.5, 0.6) is 5.75 Å². The van der Waals surface area contributed by atoms with Crippen molar-refractivity contribution in [2.45, 2.75) is 19.9 Å². The SMILES string of the molecule is CCCOc1ccc(C(=O)NNC(=O)Cn2ccc3ccccc32)cc1. The number of para-hydroxylation sites is 1. The van der Waals surface area contributed by atoms with Crippen LogP contribution < -0.4 is 15.6 Å². The number of nitrogens with zero attached hydrogens (tertiary/aromatic N) is 1. The third-order valence-electron chi connectivity index (χ3n) is 3.90. The maximum atomic E-state index is 12.1. The Morgan fingerprint density at radius 3 is 2.54 bits per heavy atom. The van der Waals surface area contributed by atoms with E-state index in [0.717, 1.165) is 17.3 Å². The van der Waals surface area contributed by atoms with Crippen LogP contribution in [0.4, 0.5) is 0 Å². The molecule has 2 N–H and O–H groups in total. The summed E-state index contributed by atoms with van der Waals surface area (Å²) in [6.45, 7) is 2.79. The van der Waals surface area contributed by atoms with Crippen molar-refractivity contribution in [1.82, 2.24) is 15.4 Å². The Balaban J connectivity index is 1.53. The van der Waals surface area contributed by atoms with Crippen LogP contribution in [0, 0.1) is 0 Å². The van der Waals surface area contributed by atoms with E-state index in [9.17, 15) is 9.59 Å². The van der Waals surface area contributed by atoms with E-state index < -0.39 is 0 Å². The molecule has 0 aliphatic rings.